The van der Waals surface area contributed by atoms with Crippen LogP contribution in [0.2, 0.25) is 6.32 Å². The molecule has 0 saturated carbocycles. The first kappa shape index (κ1) is 30.8. The summed E-state index contributed by atoms with van der Waals surface area (Å²) in [6.45, 7) is 0.228. The predicted molar refractivity (Wildman–Crippen MR) is 178 cm³/mol. The molecular weight excluding hydrogens is 594 g/mol. The molecule has 0 bridgehead atoms. The first-order valence-electron chi connectivity index (χ1n) is 16.0. The highest BCUT2D eigenvalue weighted by molar-refractivity contribution is 6.43. The topological polar surface area (TPSA) is 93.1 Å². The van der Waals surface area contributed by atoms with Gasteiger partial charge in [0.1, 0.15) is 12.4 Å². The summed E-state index contributed by atoms with van der Waals surface area (Å²) in [5.41, 5.74) is 5.21. The number of Topliss-reactive ketones (excluding diaryl/α,β-unsaturated/α-hetero) is 2. The zero-order valence-corrected chi connectivity index (χ0v) is 25.7. The molecule has 47 heavy (non-hydrogen) atoms. The first-order valence-corrected chi connectivity index (χ1v) is 16.0. The smallest absolute Gasteiger partial charge is 0.455 e. The number of allylic oxidation sites excluding steroid dienone is 1. The summed E-state index contributed by atoms with van der Waals surface area (Å²) in [5, 5.41) is 20.8. The zero-order chi connectivity index (χ0) is 32.5. The van der Waals surface area contributed by atoms with E-state index in [0.717, 1.165) is 22.3 Å². The zero-order valence-electron chi connectivity index (χ0n) is 25.7. The summed E-state index contributed by atoms with van der Waals surface area (Å²) in [6.07, 6.45) is 2.90. The lowest BCUT2D eigenvalue weighted by molar-refractivity contribution is 0.0593. The highest BCUT2D eigenvalue weighted by atomic mass is 19.1. The van der Waals surface area contributed by atoms with E-state index in [1.807, 2.05) is 66.7 Å². The maximum Gasteiger partial charge on any atom is 0.455 e. The van der Waals surface area contributed by atoms with Gasteiger partial charge >= 0.3 is 7.12 Å². The SMILES string of the molecule is O=C1c2ccccc2C(=O)[C@@H]2CC(COc3ccccc3)=C3[C@@H](CC/C(=C/c4ccc(O)c(F)c4)c4ccccc4)OB(O)C[C@@H]3[C@H]12. The van der Waals surface area contributed by atoms with Gasteiger partial charge in [-0.2, -0.15) is 0 Å². The number of hydrogen-bond acceptors (Lipinski definition) is 6. The van der Waals surface area contributed by atoms with Gasteiger partial charge in [-0.3, -0.25) is 9.59 Å². The van der Waals surface area contributed by atoms with E-state index >= 15 is 0 Å². The largest absolute Gasteiger partial charge is 0.505 e. The molecule has 4 atom stereocenters. The molecule has 1 heterocycles. The van der Waals surface area contributed by atoms with E-state index in [0.29, 0.717) is 41.7 Å². The minimum atomic E-state index is -1.11. The Kier molecular flexibility index (Phi) is 8.63. The number of fused-ring (bicyclic) bond motifs is 4. The maximum absolute atomic E-state index is 14.3. The second-order valence-electron chi connectivity index (χ2n) is 12.5. The number of phenols is 1. The molecule has 3 aliphatic rings. The van der Waals surface area contributed by atoms with Crippen molar-refractivity contribution in [3.8, 4) is 11.5 Å². The summed E-state index contributed by atoms with van der Waals surface area (Å²) >= 11 is 0. The molecule has 0 spiro atoms. The van der Waals surface area contributed by atoms with E-state index < -0.39 is 42.5 Å². The van der Waals surface area contributed by atoms with Crippen molar-refractivity contribution in [2.45, 2.75) is 31.7 Å². The van der Waals surface area contributed by atoms with Gasteiger partial charge in [-0.1, -0.05) is 84.9 Å². The van der Waals surface area contributed by atoms with Gasteiger partial charge < -0.3 is 19.5 Å². The van der Waals surface area contributed by atoms with Gasteiger partial charge in [0.15, 0.2) is 23.1 Å². The Balaban J connectivity index is 1.26. The molecule has 0 unspecified atom stereocenters. The lowest BCUT2D eigenvalue weighted by atomic mass is 9.54. The van der Waals surface area contributed by atoms with Crippen LogP contribution in [0.3, 0.4) is 0 Å². The summed E-state index contributed by atoms with van der Waals surface area (Å²) in [4.78, 5) is 28.0. The third-order valence-corrected chi connectivity index (χ3v) is 9.65. The maximum atomic E-state index is 14.3. The number of hydrogen-bond donors (Lipinski definition) is 2. The summed E-state index contributed by atoms with van der Waals surface area (Å²) in [6, 6.07) is 30.5. The van der Waals surface area contributed by atoms with Crippen molar-refractivity contribution >= 4 is 30.3 Å². The van der Waals surface area contributed by atoms with Crippen LogP contribution < -0.4 is 4.74 Å². The Morgan fingerprint density at radius 2 is 1.57 bits per heavy atom. The van der Waals surface area contributed by atoms with Crippen molar-refractivity contribution in [2.75, 3.05) is 6.61 Å². The van der Waals surface area contributed by atoms with E-state index in [9.17, 15) is 24.1 Å². The molecule has 1 aliphatic heterocycles. The summed E-state index contributed by atoms with van der Waals surface area (Å²) in [5.74, 6) is -2.07. The quantitative estimate of drug-likeness (QED) is 0.120. The fourth-order valence-electron chi connectivity index (χ4n) is 7.54. The van der Waals surface area contributed by atoms with Crippen LogP contribution in [0.1, 0.15) is 51.1 Å². The van der Waals surface area contributed by atoms with Crippen LogP contribution in [0, 0.1) is 23.6 Å². The van der Waals surface area contributed by atoms with Crippen LogP contribution in [0.5, 0.6) is 11.5 Å². The summed E-state index contributed by atoms with van der Waals surface area (Å²) in [7, 11) is -1.11. The molecule has 236 valence electrons. The molecule has 8 heteroatoms. The fourth-order valence-corrected chi connectivity index (χ4v) is 7.54. The van der Waals surface area contributed by atoms with E-state index in [1.54, 1.807) is 30.3 Å². The molecule has 0 amide bonds. The number of aromatic hydroxyl groups is 1. The average molecular weight is 629 g/mol. The monoisotopic (exact) mass is 628 g/mol. The lowest BCUT2D eigenvalue weighted by Crippen LogP contribution is -2.51. The second-order valence-corrected chi connectivity index (χ2v) is 12.5. The molecule has 2 aliphatic carbocycles. The molecule has 2 N–H and O–H groups in total. The van der Waals surface area contributed by atoms with Gasteiger partial charge in [0.05, 0.1) is 6.10 Å². The Morgan fingerprint density at radius 1 is 0.894 bits per heavy atom. The van der Waals surface area contributed by atoms with Gasteiger partial charge in [-0.25, -0.2) is 4.39 Å². The third-order valence-electron chi connectivity index (χ3n) is 9.65. The lowest BCUT2D eigenvalue weighted by Gasteiger charge is -2.47. The number of ether oxygens (including phenoxy) is 1. The minimum absolute atomic E-state index is 0.0468. The van der Waals surface area contributed by atoms with E-state index in [4.69, 9.17) is 9.39 Å². The minimum Gasteiger partial charge on any atom is -0.505 e. The second kappa shape index (κ2) is 13.1. The molecule has 4 aromatic rings. The Morgan fingerprint density at radius 3 is 2.30 bits per heavy atom. The standard InChI is InChI=1S/C39H34BFO6/c41-33-20-24(15-17-34(33)42)19-26(25-9-3-1-4-10-25)16-18-35-36-27(23-46-28-11-5-2-6-12-28)21-31-37(32(36)22-40(45)47-35)39(44)30-14-8-7-13-29(30)38(31)43/h1-15,17,19-20,31-32,35,37,42,45H,16,18,21-23H2/b26-19-/t31-,32+,35-,37-/m1/s1. The molecule has 1 fully saturated rings. The summed E-state index contributed by atoms with van der Waals surface area (Å²) < 4.78 is 26.7. The third kappa shape index (κ3) is 6.19. The van der Waals surface area contributed by atoms with Gasteiger partial charge in [0.25, 0.3) is 0 Å². The van der Waals surface area contributed by atoms with Crippen molar-refractivity contribution in [2.24, 2.45) is 17.8 Å². The number of ketones is 2. The van der Waals surface area contributed by atoms with Crippen molar-refractivity contribution in [3.05, 3.63) is 142 Å². The highest BCUT2D eigenvalue weighted by Gasteiger charge is 2.53. The van der Waals surface area contributed by atoms with Crippen LogP contribution >= 0.6 is 0 Å². The average Bonchev–Trinajstić information content (AvgIpc) is 3.09. The number of rotatable bonds is 8. The normalized spacial score (nSPS) is 22.4. The molecule has 0 aromatic heterocycles. The molecule has 4 aromatic carbocycles. The van der Waals surface area contributed by atoms with Crippen molar-refractivity contribution < 1.29 is 33.5 Å². The number of carbonyl (C=O) groups excluding carboxylic acids is 2. The molecule has 6 nitrogen and oxygen atoms in total. The molecule has 7 rings (SSSR count). The van der Waals surface area contributed by atoms with E-state index in [2.05, 4.69) is 0 Å². The predicted octanol–water partition coefficient (Wildman–Crippen LogP) is 7.44. The number of carbonyl (C=O) groups is 2. The van der Waals surface area contributed by atoms with Gasteiger partial charge in [-0.05, 0) is 83.6 Å². The van der Waals surface area contributed by atoms with Crippen LogP contribution in [0.25, 0.3) is 11.6 Å². The van der Waals surface area contributed by atoms with E-state index in [1.165, 1.54) is 12.1 Å². The van der Waals surface area contributed by atoms with Gasteiger partial charge in [0.2, 0.25) is 0 Å². The molecular formula is C39H34BFO6. The number of benzene rings is 4. The van der Waals surface area contributed by atoms with Crippen molar-refractivity contribution in [1.82, 2.24) is 0 Å². The molecule has 1 saturated heterocycles. The fraction of sp³-hybridized carbons (Fsp3) is 0.231. The van der Waals surface area contributed by atoms with Gasteiger partial charge in [-0.15, -0.1) is 0 Å². The van der Waals surface area contributed by atoms with Gasteiger partial charge in [0, 0.05) is 23.0 Å². The van der Waals surface area contributed by atoms with Crippen LogP contribution in [-0.4, -0.2) is 41.5 Å². The number of phenolic OH excluding ortho intramolecular Hbond substituents is 1. The van der Waals surface area contributed by atoms with Crippen molar-refractivity contribution in [3.63, 3.8) is 0 Å². The van der Waals surface area contributed by atoms with Crippen molar-refractivity contribution in [1.29, 1.82) is 0 Å². The Bertz CT molecular complexity index is 1870. The molecule has 0 radical (unpaired) electrons. The Labute approximate surface area is 273 Å². The van der Waals surface area contributed by atoms with E-state index in [-0.39, 0.29) is 24.5 Å². The Hall–Kier alpha value is -4.79. The van der Waals surface area contributed by atoms with Crippen LogP contribution in [-0.2, 0) is 4.65 Å². The van der Waals surface area contributed by atoms with Crippen LogP contribution in [0.15, 0.2) is 114 Å². The van der Waals surface area contributed by atoms with Crippen LogP contribution in [0.4, 0.5) is 4.39 Å². The first-order chi connectivity index (χ1) is 22.9. The highest BCUT2D eigenvalue weighted by Crippen LogP contribution is 2.51. The number of para-hydroxylation sites is 1. The number of halogens is 1.